The highest BCUT2D eigenvalue weighted by molar-refractivity contribution is 5.89. The van der Waals surface area contributed by atoms with Gasteiger partial charge in [0, 0.05) is 42.3 Å². The van der Waals surface area contributed by atoms with Crippen molar-refractivity contribution in [3.05, 3.63) is 47.7 Å². The predicted molar refractivity (Wildman–Crippen MR) is 130 cm³/mol. The molecule has 0 radical (unpaired) electrons. The zero-order valence-corrected chi connectivity index (χ0v) is 19.7. The Morgan fingerprint density at radius 2 is 2.00 bits per heavy atom. The summed E-state index contributed by atoms with van der Waals surface area (Å²) in [6.07, 6.45) is 13.1. The van der Waals surface area contributed by atoms with Gasteiger partial charge in [-0.05, 0) is 76.0 Å². The average molecular weight is 432 g/mol. The summed E-state index contributed by atoms with van der Waals surface area (Å²) in [5, 5.41) is 1.24. The normalized spacial score (nSPS) is 30.2. The van der Waals surface area contributed by atoms with Crippen LogP contribution in [0.4, 0.5) is 0 Å². The molecule has 1 aliphatic carbocycles. The second-order valence-corrected chi connectivity index (χ2v) is 10.9. The minimum Gasteiger partial charge on any atom is -0.345 e. The molecule has 4 nitrogen and oxygen atoms in total. The van der Waals surface area contributed by atoms with Crippen molar-refractivity contribution in [3.8, 4) is 0 Å². The van der Waals surface area contributed by atoms with Crippen LogP contribution in [0.5, 0.6) is 0 Å². The summed E-state index contributed by atoms with van der Waals surface area (Å²) in [4.78, 5) is 18.8. The maximum atomic E-state index is 13.8. The van der Waals surface area contributed by atoms with Crippen molar-refractivity contribution in [2.45, 2.75) is 76.9 Å². The Labute approximate surface area is 192 Å². The van der Waals surface area contributed by atoms with Crippen molar-refractivity contribution in [3.63, 3.8) is 0 Å². The van der Waals surface area contributed by atoms with Gasteiger partial charge in [0.1, 0.15) is 0 Å². The number of aromatic nitrogens is 1. The van der Waals surface area contributed by atoms with Gasteiger partial charge in [-0.1, -0.05) is 36.3 Å². The van der Waals surface area contributed by atoms with E-state index in [1.165, 1.54) is 61.7 Å². The van der Waals surface area contributed by atoms with Gasteiger partial charge in [-0.2, -0.15) is 0 Å². The van der Waals surface area contributed by atoms with E-state index < -0.39 is 0 Å². The van der Waals surface area contributed by atoms with Gasteiger partial charge in [0.25, 0.3) is 0 Å². The van der Waals surface area contributed by atoms with Crippen LogP contribution < -0.4 is 0 Å². The van der Waals surface area contributed by atoms with E-state index in [4.69, 9.17) is 0 Å². The van der Waals surface area contributed by atoms with Crippen molar-refractivity contribution in [2.24, 2.45) is 11.8 Å². The van der Waals surface area contributed by atoms with Crippen LogP contribution in [0.3, 0.4) is 0 Å². The molecule has 0 spiro atoms. The fourth-order valence-corrected chi connectivity index (χ4v) is 7.36. The zero-order valence-electron chi connectivity index (χ0n) is 19.7. The van der Waals surface area contributed by atoms with E-state index in [9.17, 15) is 4.79 Å². The molecule has 3 aliphatic heterocycles. The van der Waals surface area contributed by atoms with Crippen LogP contribution >= 0.6 is 0 Å². The SMILES string of the molecule is CC(C)n1cc(CC(=O)N2CCCC3=C[C@H]4C[C@H](CN5CCCC[C@@H]45)[C@H]32)c2ccccc21. The molecule has 3 fully saturated rings. The molecule has 0 unspecified atom stereocenters. The van der Waals surface area contributed by atoms with Crippen LogP contribution in [0.2, 0.25) is 0 Å². The molecule has 0 N–H and O–H groups in total. The van der Waals surface area contributed by atoms with E-state index in [1.807, 2.05) is 0 Å². The second kappa shape index (κ2) is 8.06. The molecule has 1 amide bonds. The summed E-state index contributed by atoms with van der Waals surface area (Å²) in [5.41, 5.74) is 4.01. The molecular weight excluding hydrogens is 394 g/mol. The molecule has 6 rings (SSSR count). The summed E-state index contributed by atoms with van der Waals surface area (Å²) in [6, 6.07) is 10.1. The number of rotatable bonds is 3. The van der Waals surface area contributed by atoms with Crippen LogP contribution in [-0.4, -0.2) is 52.0 Å². The highest BCUT2D eigenvalue weighted by Gasteiger charge is 2.46. The Bertz CT molecular complexity index is 1050. The monoisotopic (exact) mass is 431 g/mol. The Kier molecular flexibility index (Phi) is 5.17. The van der Waals surface area contributed by atoms with Crippen LogP contribution in [0.15, 0.2) is 42.1 Å². The molecule has 4 heterocycles. The molecule has 32 heavy (non-hydrogen) atoms. The Morgan fingerprint density at radius 3 is 2.88 bits per heavy atom. The van der Waals surface area contributed by atoms with E-state index >= 15 is 0 Å². The van der Waals surface area contributed by atoms with Gasteiger partial charge >= 0.3 is 0 Å². The maximum absolute atomic E-state index is 13.8. The van der Waals surface area contributed by atoms with Gasteiger partial charge in [-0.15, -0.1) is 0 Å². The third kappa shape index (κ3) is 3.34. The van der Waals surface area contributed by atoms with Gasteiger partial charge in [0.05, 0.1) is 12.5 Å². The Hall–Kier alpha value is -2.07. The number of para-hydroxylation sites is 1. The van der Waals surface area contributed by atoms with Crippen LogP contribution in [-0.2, 0) is 11.2 Å². The number of amides is 1. The number of carbonyl (C=O) groups is 1. The maximum Gasteiger partial charge on any atom is 0.227 e. The smallest absolute Gasteiger partial charge is 0.227 e. The molecule has 0 saturated carbocycles. The molecule has 2 aromatic rings. The Morgan fingerprint density at radius 1 is 1.12 bits per heavy atom. The van der Waals surface area contributed by atoms with Crippen LogP contribution in [0.25, 0.3) is 10.9 Å². The van der Waals surface area contributed by atoms with Crippen molar-refractivity contribution in [1.82, 2.24) is 14.4 Å². The first-order valence-corrected chi connectivity index (χ1v) is 12.9. The first-order chi connectivity index (χ1) is 15.6. The largest absolute Gasteiger partial charge is 0.345 e. The summed E-state index contributed by atoms with van der Waals surface area (Å²) in [7, 11) is 0. The fraction of sp³-hybridized carbons (Fsp3) is 0.607. The topological polar surface area (TPSA) is 28.5 Å². The number of hydrogen-bond donors (Lipinski definition) is 0. The summed E-state index contributed by atoms with van der Waals surface area (Å²) < 4.78 is 2.32. The lowest BCUT2D eigenvalue weighted by Crippen LogP contribution is -2.60. The van der Waals surface area contributed by atoms with Gasteiger partial charge < -0.3 is 9.47 Å². The molecule has 1 aromatic carbocycles. The van der Waals surface area contributed by atoms with Crippen molar-refractivity contribution >= 4 is 16.8 Å². The molecule has 4 aliphatic rings. The Balaban J connectivity index is 1.28. The van der Waals surface area contributed by atoms with Gasteiger partial charge in [0.15, 0.2) is 0 Å². The number of piperidine rings is 3. The summed E-state index contributed by atoms with van der Waals surface area (Å²) in [6.45, 7) is 7.81. The van der Waals surface area contributed by atoms with E-state index in [0.717, 1.165) is 24.9 Å². The highest BCUT2D eigenvalue weighted by atomic mass is 16.2. The predicted octanol–water partition coefficient (Wildman–Crippen LogP) is 5.19. The van der Waals surface area contributed by atoms with Crippen molar-refractivity contribution in [1.29, 1.82) is 0 Å². The highest BCUT2D eigenvalue weighted by Crippen LogP contribution is 2.45. The molecule has 170 valence electrons. The fourth-order valence-electron chi connectivity index (χ4n) is 7.36. The lowest BCUT2D eigenvalue weighted by molar-refractivity contribution is -0.135. The van der Waals surface area contributed by atoms with Gasteiger partial charge in [-0.25, -0.2) is 0 Å². The average Bonchev–Trinajstić information content (AvgIpc) is 3.17. The van der Waals surface area contributed by atoms with Crippen molar-refractivity contribution in [2.75, 3.05) is 19.6 Å². The van der Waals surface area contributed by atoms with E-state index in [-0.39, 0.29) is 0 Å². The van der Waals surface area contributed by atoms with Crippen LogP contribution in [0.1, 0.15) is 64.0 Å². The van der Waals surface area contributed by atoms with Crippen molar-refractivity contribution < 1.29 is 4.79 Å². The number of fused-ring (bicyclic) bond motifs is 7. The molecule has 4 heteroatoms. The van der Waals surface area contributed by atoms with E-state index in [1.54, 1.807) is 5.57 Å². The van der Waals surface area contributed by atoms with E-state index in [0.29, 0.717) is 30.3 Å². The molecule has 4 atom stereocenters. The third-order valence-electron chi connectivity index (χ3n) is 8.70. The van der Waals surface area contributed by atoms with Crippen LogP contribution in [0, 0.1) is 11.8 Å². The van der Waals surface area contributed by atoms with Gasteiger partial charge in [-0.3, -0.25) is 9.69 Å². The first kappa shape index (κ1) is 20.5. The quantitative estimate of drug-likeness (QED) is 0.626. The summed E-state index contributed by atoms with van der Waals surface area (Å²) in [5.74, 6) is 1.67. The third-order valence-corrected chi connectivity index (χ3v) is 8.70. The number of benzene rings is 1. The van der Waals surface area contributed by atoms with E-state index in [2.05, 4.69) is 64.8 Å². The molecule has 2 bridgehead atoms. The lowest BCUT2D eigenvalue weighted by atomic mass is 9.68. The number of likely N-dealkylation sites (tertiary alicyclic amines) is 1. The van der Waals surface area contributed by atoms with Gasteiger partial charge in [0.2, 0.25) is 5.91 Å². The summed E-state index contributed by atoms with van der Waals surface area (Å²) >= 11 is 0. The number of carbonyl (C=O) groups excluding carboxylic acids is 1. The standard InChI is InChI=1S/C28H37N3O/c1-19(2)31-18-22(24-9-3-4-11-26(24)31)16-27(32)30-13-7-8-20-14-21-15-23(28(20)30)17-29-12-6-5-10-25(21)29/h3-4,9,11,14,18-19,21,23,25,28H,5-8,10,12-13,15-17H2,1-2H3/t21-,23+,25-,28-/m0/s1. The first-order valence-electron chi connectivity index (χ1n) is 12.9. The second-order valence-electron chi connectivity index (χ2n) is 10.9. The minimum absolute atomic E-state index is 0.325. The zero-order chi connectivity index (χ0) is 21.8. The molecule has 1 aromatic heterocycles. The minimum atomic E-state index is 0.325. The number of hydrogen-bond acceptors (Lipinski definition) is 2. The molecular formula is C28H37N3O. The molecule has 3 saturated heterocycles. The number of nitrogens with zero attached hydrogens (tertiary/aromatic N) is 3. The lowest BCUT2D eigenvalue weighted by Gasteiger charge is -2.54.